The number of hydrogen-bond acceptors (Lipinski definition) is 10. The van der Waals surface area contributed by atoms with Gasteiger partial charge in [0.05, 0.1) is 6.61 Å². The largest absolute Gasteiger partial charge is 0.460 e. The molecule has 10 heteroatoms. The van der Waals surface area contributed by atoms with Gasteiger partial charge in [0.1, 0.15) is 5.75 Å². The second-order valence-electron chi connectivity index (χ2n) is 8.84. The molecule has 0 spiro atoms. The summed E-state index contributed by atoms with van der Waals surface area (Å²) in [4.78, 5) is 35.5. The molecule has 0 aromatic heterocycles. The quantitative estimate of drug-likeness (QED) is 0.350. The van der Waals surface area contributed by atoms with Gasteiger partial charge in [-0.05, 0) is 34.7 Å². The van der Waals surface area contributed by atoms with Gasteiger partial charge in [-0.2, -0.15) is 0 Å². The van der Waals surface area contributed by atoms with Gasteiger partial charge in [-0.25, -0.2) is 0 Å². The van der Waals surface area contributed by atoms with Crippen molar-refractivity contribution in [1.82, 2.24) is 0 Å². The summed E-state index contributed by atoms with van der Waals surface area (Å²) in [5.41, 5.74) is 1.88. The minimum Gasteiger partial charge on any atom is -0.460 e. The molecule has 198 valence electrons. The van der Waals surface area contributed by atoms with E-state index < -0.39 is 42.5 Å². The van der Waals surface area contributed by atoms with Gasteiger partial charge >= 0.3 is 17.9 Å². The van der Waals surface area contributed by atoms with Gasteiger partial charge in [-0.3, -0.25) is 14.4 Å². The van der Waals surface area contributed by atoms with Crippen molar-refractivity contribution >= 4 is 28.7 Å². The summed E-state index contributed by atoms with van der Waals surface area (Å²) in [7, 11) is 0. The Bertz CT molecular complexity index is 1380. The van der Waals surface area contributed by atoms with Crippen LogP contribution in [-0.2, 0) is 33.3 Å². The molecule has 5 rings (SSSR count). The van der Waals surface area contributed by atoms with E-state index in [1.165, 1.54) is 20.8 Å². The number of hydrogen-bond donors (Lipinski definition) is 0. The van der Waals surface area contributed by atoms with Gasteiger partial charge in [0.15, 0.2) is 23.7 Å². The summed E-state index contributed by atoms with van der Waals surface area (Å²) < 4.78 is 39.2. The first-order valence-electron chi connectivity index (χ1n) is 12.0. The van der Waals surface area contributed by atoms with Crippen LogP contribution in [0.5, 0.6) is 17.2 Å². The second-order valence-corrected chi connectivity index (χ2v) is 8.84. The summed E-state index contributed by atoms with van der Waals surface area (Å²) in [6.45, 7) is 3.70. The Labute approximate surface area is 218 Å². The van der Waals surface area contributed by atoms with Crippen molar-refractivity contribution in [1.29, 1.82) is 0 Å². The van der Waals surface area contributed by atoms with Crippen LogP contribution in [0.4, 0.5) is 0 Å². The first-order chi connectivity index (χ1) is 18.3. The molecular formula is C28H26O10. The van der Waals surface area contributed by atoms with Gasteiger partial charge in [-0.15, -0.1) is 0 Å². The normalized spacial score (nSPS) is 22.0. The molecule has 2 aliphatic rings. The van der Waals surface area contributed by atoms with Crippen LogP contribution in [0.15, 0.2) is 54.6 Å². The first-order valence-corrected chi connectivity index (χ1v) is 12.0. The van der Waals surface area contributed by atoms with Gasteiger partial charge in [0, 0.05) is 26.2 Å². The molecule has 10 nitrogen and oxygen atoms in total. The first kappa shape index (κ1) is 25.3. The van der Waals surface area contributed by atoms with Crippen LogP contribution in [0.2, 0.25) is 0 Å². The SMILES string of the molecule is CC(=O)O[C@H]1[C@@H](OC(C)=O)COC(Oc2ccc(-c3ccc4c(c3)OCO4)c3ccccc23)[C@@H]1OC(C)=O. The lowest BCUT2D eigenvalue weighted by Crippen LogP contribution is -2.59. The average molecular weight is 523 g/mol. The highest BCUT2D eigenvalue weighted by atomic mass is 16.7. The molecule has 1 fully saturated rings. The van der Waals surface area contributed by atoms with Crippen LogP contribution >= 0.6 is 0 Å². The summed E-state index contributed by atoms with van der Waals surface area (Å²) in [5.74, 6) is -0.0511. The number of fused-ring (bicyclic) bond motifs is 2. The number of carbonyl (C=O) groups is 3. The zero-order valence-electron chi connectivity index (χ0n) is 21.0. The molecule has 0 amide bonds. The molecule has 0 N–H and O–H groups in total. The van der Waals surface area contributed by atoms with Crippen molar-refractivity contribution in [3.05, 3.63) is 54.6 Å². The van der Waals surface area contributed by atoms with E-state index in [0.717, 1.165) is 21.9 Å². The molecule has 1 saturated heterocycles. The Kier molecular flexibility index (Phi) is 7.06. The Morgan fingerprint density at radius 1 is 0.763 bits per heavy atom. The molecule has 3 aromatic rings. The molecule has 38 heavy (non-hydrogen) atoms. The van der Waals surface area contributed by atoms with Crippen molar-refractivity contribution in [2.45, 2.75) is 45.4 Å². The molecule has 0 saturated carbocycles. The van der Waals surface area contributed by atoms with Gasteiger partial charge in [-0.1, -0.05) is 36.4 Å². The van der Waals surface area contributed by atoms with Crippen LogP contribution in [0.3, 0.4) is 0 Å². The van der Waals surface area contributed by atoms with E-state index in [2.05, 4.69) is 0 Å². The maximum Gasteiger partial charge on any atom is 0.303 e. The zero-order valence-corrected chi connectivity index (χ0v) is 21.0. The minimum atomic E-state index is -1.19. The number of carbonyl (C=O) groups excluding carboxylic acids is 3. The molecule has 4 atom stereocenters. The molecule has 2 aliphatic heterocycles. The van der Waals surface area contributed by atoms with E-state index >= 15 is 0 Å². The lowest BCUT2D eigenvalue weighted by atomic mass is 9.97. The predicted molar refractivity (Wildman–Crippen MR) is 133 cm³/mol. The fraction of sp³-hybridized carbons (Fsp3) is 0.321. The van der Waals surface area contributed by atoms with E-state index in [9.17, 15) is 14.4 Å². The predicted octanol–water partition coefficient (Wildman–Crippen LogP) is 3.77. The molecule has 0 radical (unpaired) electrons. The molecule has 3 aromatic carbocycles. The summed E-state index contributed by atoms with van der Waals surface area (Å²) in [6, 6.07) is 17.1. The minimum absolute atomic E-state index is 0.132. The zero-order chi connectivity index (χ0) is 26.8. The maximum atomic E-state index is 12.0. The van der Waals surface area contributed by atoms with Gasteiger partial charge < -0.3 is 33.2 Å². The van der Waals surface area contributed by atoms with Crippen LogP contribution in [0, 0.1) is 0 Å². The molecular weight excluding hydrogens is 496 g/mol. The highest BCUT2D eigenvalue weighted by molar-refractivity contribution is 6.00. The standard InChI is InChI=1S/C28H26O10/c1-15(29)35-25-13-32-28(27(37-17(3)31)26(25)36-16(2)30)38-22-11-9-19(20-6-4-5-7-21(20)22)18-8-10-23-24(12-18)34-14-33-23/h4-12,25-28H,13-14H2,1-3H3/t25-,26-,27+,28?/m0/s1. The Morgan fingerprint density at radius 3 is 2.18 bits per heavy atom. The topological polar surface area (TPSA) is 116 Å². The van der Waals surface area contributed by atoms with Crippen molar-refractivity contribution in [3.8, 4) is 28.4 Å². The highest BCUT2D eigenvalue weighted by Crippen LogP contribution is 2.40. The molecule has 0 aliphatic carbocycles. The summed E-state index contributed by atoms with van der Waals surface area (Å²) in [5, 5.41) is 1.68. The monoisotopic (exact) mass is 522 g/mol. The van der Waals surface area contributed by atoms with Crippen molar-refractivity contribution in [2.24, 2.45) is 0 Å². The number of benzene rings is 3. The Morgan fingerprint density at radius 2 is 1.45 bits per heavy atom. The van der Waals surface area contributed by atoms with Crippen molar-refractivity contribution in [3.63, 3.8) is 0 Å². The van der Waals surface area contributed by atoms with Gasteiger partial charge in [0.25, 0.3) is 0 Å². The Balaban J connectivity index is 1.49. The molecule has 1 unspecified atom stereocenters. The fourth-order valence-electron chi connectivity index (χ4n) is 4.63. The van der Waals surface area contributed by atoms with E-state index in [1.54, 1.807) is 6.07 Å². The van der Waals surface area contributed by atoms with Crippen molar-refractivity contribution in [2.75, 3.05) is 13.4 Å². The third-order valence-electron chi connectivity index (χ3n) is 6.12. The second kappa shape index (κ2) is 10.6. The van der Waals surface area contributed by atoms with Crippen LogP contribution < -0.4 is 14.2 Å². The average Bonchev–Trinajstić information content (AvgIpc) is 3.35. The third kappa shape index (κ3) is 5.21. The van der Waals surface area contributed by atoms with Crippen LogP contribution in [-0.4, -0.2) is 55.9 Å². The van der Waals surface area contributed by atoms with Crippen LogP contribution in [0.25, 0.3) is 21.9 Å². The van der Waals surface area contributed by atoms with Crippen LogP contribution in [0.1, 0.15) is 20.8 Å². The Hall–Kier alpha value is -4.31. The molecule has 0 bridgehead atoms. The summed E-state index contributed by atoms with van der Waals surface area (Å²) >= 11 is 0. The lowest BCUT2D eigenvalue weighted by Gasteiger charge is -2.40. The summed E-state index contributed by atoms with van der Waals surface area (Å²) in [6.07, 6.45) is -4.44. The molecule has 2 heterocycles. The number of esters is 3. The highest BCUT2D eigenvalue weighted by Gasteiger charge is 2.48. The van der Waals surface area contributed by atoms with E-state index in [0.29, 0.717) is 17.2 Å². The van der Waals surface area contributed by atoms with Gasteiger partial charge in [0.2, 0.25) is 19.2 Å². The van der Waals surface area contributed by atoms with E-state index in [1.807, 2.05) is 48.5 Å². The smallest absolute Gasteiger partial charge is 0.303 e. The third-order valence-corrected chi connectivity index (χ3v) is 6.12. The number of rotatable bonds is 6. The lowest BCUT2D eigenvalue weighted by molar-refractivity contribution is -0.259. The van der Waals surface area contributed by atoms with Crippen molar-refractivity contribution < 1.29 is 47.5 Å². The maximum absolute atomic E-state index is 12.0. The number of ether oxygens (including phenoxy) is 7. The van der Waals surface area contributed by atoms with E-state index in [4.69, 9.17) is 33.2 Å². The fourth-order valence-corrected chi connectivity index (χ4v) is 4.63. The van der Waals surface area contributed by atoms with E-state index in [-0.39, 0.29) is 13.4 Å².